The number of carbonyl (C=O) groups excluding carboxylic acids is 1. The van der Waals surface area contributed by atoms with Gasteiger partial charge in [0.25, 0.3) is 18.3 Å². The Morgan fingerprint density at radius 2 is 2.12 bits per heavy atom. The van der Waals surface area contributed by atoms with Gasteiger partial charge in [-0.15, -0.1) is 0 Å². The Hall–Kier alpha value is -2.85. The maximum Gasteiger partial charge on any atom is 0.317 e. The summed E-state index contributed by atoms with van der Waals surface area (Å²) in [7, 11) is -3.47. The number of furan rings is 1. The van der Waals surface area contributed by atoms with Gasteiger partial charge in [0.15, 0.2) is 5.76 Å². The molecule has 1 aromatic carbocycles. The zero-order valence-corrected chi connectivity index (χ0v) is 18.2. The lowest BCUT2D eigenvalue weighted by Crippen LogP contribution is -2.57. The standard InChI is InChI=1S/C21H18F6N3O3P/c22-18(23)17-16(19(31)30-15-5-7-28-10-21(15,24)25)13-8-12(3-4-14(13)33-17)32-9-11-2-1-6-29-20(11)34(26)27/h1-4,6,8,15,18,28H,5,7,9-10H2,(H,30,31). The van der Waals surface area contributed by atoms with E-state index < -0.39 is 56.1 Å². The second kappa shape index (κ2) is 9.79. The molecule has 0 radical (unpaired) electrons. The molecule has 13 heteroatoms. The number of nitrogens with one attached hydrogen (secondary N) is 2. The van der Waals surface area contributed by atoms with Crippen molar-refractivity contribution >= 4 is 30.9 Å². The lowest BCUT2D eigenvalue weighted by atomic mass is 10.0. The molecule has 1 saturated heterocycles. The Kier molecular flexibility index (Phi) is 6.99. The topological polar surface area (TPSA) is 76.4 Å². The van der Waals surface area contributed by atoms with Crippen molar-refractivity contribution in [2.24, 2.45) is 0 Å². The van der Waals surface area contributed by atoms with E-state index >= 15 is 0 Å². The molecule has 1 aliphatic rings. The molecule has 0 bridgehead atoms. The SMILES string of the molecule is O=C(NC1CCNCC1(F)F)c1c(C(F)F)oc2ccc(OCc3cccnc3P(F)F)cc12. The molecule has 3 aromatic rings. The Morgan fingerprint density at radius 1 is 1.32 bits per heavy atom. The van der Waals surface area contributed by atoms with Crippen LogP contribution in [0.15, 0.2) is 40.9 Å². The molecule has 0 saturated carbocycles. The van der Waals surface area contributed by atoms with Gasteiger partial charge in [-0.2, -0.15) is 8.39 Å². The predicted octanol–water partition coefficient (Wildman–Crippen LogP) is 4.95. The summed E-state index contributed by atoms with van der Waals surface area (Å²) in [5.41, 5.74) is -0.916. The number of pyridine rings is 1. The highest BCUT2D eigenvalue weighted by Gasteiger charge is 2.43. The highest BCUT2D eigenvalue weighted by molar-refractivity contribution is 7.54. The van der Waals surface area contributed by atoms with Gasteiger partial charge < -0.3 is 19.8 Å². The number of nitrogens with zero attached hydrogens (tertiary/aromatic N) is 1. The third-order valence-corrected chi connectivity index (χ3v) is 6.04. The first-order chi connectivity index (χ1) is 16.2. The smallest absolute Gasteiger partial charge is 0.317 e. The van der Waals surface area contributed by atoms with Crippen molar-refractivity contribution in [2.45, 2.75) is 31.4 Å². The van der Waals surface area contributed by atoms with Crippen LogP contribution < -0.4 is 20.8 Å². The zero-order chi connectivity index (χ0) is 24.5. The van der Waals surface area contributed by atoms with Crippen LogP contribution in [-0.4, -0.2) is 35.9 Å². The summed E-state index contributed by atoms with van der Waals surface area (Å²) in [5.74, 6) is -5.28. The van der Waals surface area contributed by atoms with E-state index in [0.717, 1.165) is 0 Å². The molecule has 1 amide bonds. The molecule has 0 spiro atoms. The lowest BCUT2D eigenvalue weighted by Gasteiger charge is -2.32. The van der Waals surface area contributed by atoms with E-state index in [1.807, 2.05) is 0 Å². The van der Waals surface area contributed by atoms with Crippen molar-refractivity contribution in [1.82, 2.24) is 15.6 Å². The Morgan fingerprint density at radius 3 is 2.82 bits per heavy atom. The third kappa shape index (κ3) is 4.97. The average molecular weight is 505 g/mol. The summed E-state index contributed by atoms with van der Waals surface area (Å²) in [5, 5.41) is 4.58. The molecule has 0 aliphatic carbocycles. The van der Waals surface area contributed by atoms with Crippen LogP contribution >= 0.6 is 8.54 Å². The molecule has 6 nitrogen and oxygen atoms in total. The largest absolute Gasteiger partial charge is 0.489 e. The van der Waals surface area contributed by atoms with Crippen molar-refractivity contribution in [2.75, 3.05) is 13.1 Å². The van der Waals surface area contributed by atoms with Crippen molar-refractivity contribution in [3.8, 4) is 5.75 Å². The molecule has 1 fully saturated rings. The number of halogens is 6. The van der Waals surface area contributed by atoms with Crippen LogP contribution in [0, 0.1) is 0 Å². The predicted molar refractivity (Wildman–Crippen MR) is 112 cm³/mol. The van der Waals surface area contributed by atoms with Crippen LogP contribution in [0.1, 0.15) is 34.5 Å². The fourth-order valence-electron chi connectivity index (χ4n) is 3.67. The normalized spacial score (nSPS) is 17.9. The van der Waals surface area contributed by atoms with Gasteiger partial charge in [0, 0.05) is 17.1 Å². The summed E-state index contributed by atoms with van der Waals surface area (Å²) in [6, 6.07) is 5.19. The quantitative estimate of drug-likeness (QED) is 0.351. The molecule has 182 valence electrons. The maximum absolute atomic E-state index is 14.1. The van der Waals surface area contributed by atoms with Gasteiger partial charge >= 0.3 is 8.54 Å². The van der Waals surface area contributed by atoms with Crippen LogP contribution in [0.2, 0.25) is 0 Å². The summed E-state index contributed by atoms with van der Waals surface area (Å²) in [4.78, 5) is 16.5. The van der Waals surface area contributed by atoms with Crippen molar-refractivity contribution in [3.05, 3.63) is 53.4 Å². The molecule has 4 rings (SSSR count). The van der Waals surface area contributed by atoms with Gasteiger partial charge in [-0.05, 0) is 37.2 Å². The lowest BCUT2D eigenvalue weighted by molar-refractivity contribution is -0.0488. The second-order valence-corrected chi connectivity index (χ2v) is 8.45. The molecule has 3 heterocycles. The van der Waals surface area contributed by atoms with E-state index in [2.05, 4.69) is 15.6 Å². The van der Waals surface area contributed by atoms with Crippen molar-refractivity contribution < 1.29 is 39.9 Å². The van der Waals surface area contributed by atoms with Gasteiger partial charge in [-0.1, -0.05) is 6.07 Å². The van der Waals surface area contributed by atoms with E-state index in [-0.39, 0.29) is 41.9 Å². The van der Waals surface area contributed by atoms with Gasteiger partial charge in [-0.3, -0.25) is 9.78 Å². The van der Waals surface area contributed by atoms with Crippen LogP contribution in [0.4, 0.5) is 26.0 Å². The number of alkyl halides is 4. The minimum absolute atomic E-state index is 0.0761. The highest BCUT2D eigenvalue weighted by atomic mass is 31.2. The maximum atomic E-state index is 14.1. The molecule has 1 unspecified atom stereocenters. The molecule has 2 N–H and O–H groups in total. The van der Waals surface area contributed by atoms with E-state index in [1.165, 1.54) is 36.5 Å². The number of aromatic nitrogens is 1. The van der Waals surface area contributed by atoms with Crippen LogP contribution in [-0.2, 0) is 6.61 Å². The number of benzene rings is 1. The highest BCUT2D eigenvalue weighted by Crippen LogP contribution is 2.38. The number of amides is 1. The number of carbonyl (C=O) groups is 1. The molecule has 1 aliphatic heterocycles. The monoisotopic (exact) mass is 505 g/mol. The van der Waals surface area contributed by atoms with Crippen molar-refractivity contribution in [3.63, 3.8) is 0 Å². The number of rotatable bonds is 7. The molecule has 2 aromatic heterocycles. The minimum atomic E-state index is -3.47. The summed E-state index contributed by atoms with van der Waals surface area (Å²) >= 11 is 0. The second-order valence-electron chi connectivity index (χ2n) is 7.56. The van der Waals surface area contributed by atoms with Crippen LogP contribution in [0.3, 0.4) is 0 Å². The van der Waals surface area contributed by atoms with Crippen LogP contribution in [0.25, 0.3) is 11.0 Å². The minimum Gasteiger partial charge on any atom is -0.489 e. The van der Waals surface area contributed by atoms with Crippen molar-refractivity contribution in [1.29, 1.82) is 0 Å². The first-order valence-electron chi connectivity index (χ1n) is 10.1. The Labute approximate surface area is 190 Å². The van der Waals surface area contributed by atoms with Crippen LogP contribution in [0.5, 0.6) is 5.75 Å². The van der Waals surface area contributed by atoms with Gasteiger partial charge in [-0.25, -0.2) is 17.6 Å². The number of hydrogen-bond acceptors (Lipinski definition) is 5. The number of ether oxygens (including phenoxy) is 1. The molecule has 34 heavy (non-hydrogen) atoms. The van der Waals surface area contributed by atoms with Gasteiger partial charge in [0.1, 0.15) is 23.4 Å². The molecular weight excluding hydrogens is 487 g/mol. The zero-order valence-electron chi connectivity index (χ0n) is 17.3. The first kappa shape index (κ1) is 24.3. The summed E-state index contributed by atoms with van der Waals surface area (Å²) in [6.45, 7) is -0.716. The van der Waals surface area contributed by atoms with E-state index in [4.69, 9.17) is 9.15 Å². The first-order valence-corrected chi connectivity index (χ1v) is 11.2. The van der Waals surface area contributed by atoms with Gasteiger partial charge in [0.05, 0.1) is 18.2 Å². The third-order valence-electron chi connectivity index (χ3n) is 5.32. The fraction of sp³-hybridized carbons (Fsp3) is 0.333. The Bertz CT molecular complexity index is 1190. The average Bonchev–Trinajstić information content (AvgIpc) is 3.18. The fourth-order valence-corrected chi connectivity index (χ4v) is 4.18. The van der Waals surface area contributed by atoms with E-state index in [1.54, 1.807) is 0 Å². The number of hydrogen-bond donors (Lipinski definition) is 2. The van der Waals surface area contributed by atoms with Gasteiger partial charge in [0.2, 0.25) is 0 Å². The van der Waals surface area contributed by atoms with E-state index in [0.29, 0.717) is 0 Å². The number of fused-ring (bicyclic) bond motifs is 1. The molecule has 1 atom stereocenters. The summed E-state index contributed by atoms with van der Waals surface area (Å²) in [6.07, 6.45) is -2.04. The Balaban J connectivity index is 1.63. The van der Waals surface area contributed by atoms with E-state index in [9.17, 15) is 30.8 Å². The molecular formula is C21H18F6N3O3P. The number of piperidine rings is 1. The summed E-state index contributed by atoms with van der Waals surface area (Å²) < 4.78 is 92.5.